The Balaban J connectivity index is 2.22. The molecule has 0 atom stereocenters. The van der Waals surface area contributed by atoms with Crippen molar-refractivity contribution in [2.45, 2.75) is 13.8 Å². The van der Waals surface area contributed by atoms with E-state index in [2.05, 4.69) is 11.4 Å². The van der Waals surface area contributed by atoms with Crippen molar-refractivity contribution in [2.24, 2.45) is 0 Å². The molecule has 98 valence electrons. The van der Waals surface area contributed by atoms with Gasteiger partial charge in [-0.05, 0) is 31.5 Å². The second-order valence-electron chi connectivity index (χ2n) is 4.48. The third-order valence-corrected chi connectivity index (χ3v) is 4.01. The zero-order valence-corrected chi connectivity index (χ0v) is 11.8. The molecule has 0 bridgehead atoms. The van der Waals surface area contributed by atoms with Gasteiger partial charge in [-0.25, -0.2) is 0 Å². The van der Waals surface area contributed by atoms with E-state index in [0.717, 1.165) is 42.4 Å². The van der Waals surface area contributed by atoms with Crippen molar-refractivity contribution in [3.05, 3.63) is 29.3 Å². The maximum Gasteiger partial charge on any atom is 0.256 e. The summed E-state index contributed by atoms with van der Waals surface area (Å²) in [5.74, 6) is 2.26. The number of carbonyl (C=O) groups is 1. The Morgan fingerprint density at radius 1 is 1.39 bits per heavy atom. The van der Waals surface area contributed by atoms with Gasteiger partial charge in [0.05, 0.1) is 5.56 Å². The molecule has 0 radical (unpaired) electrons. The van der Waals surface area contributed by atoms with Crippen molar-refractivity contribution in [3.63, 3.8) is 0 Å². The number of amides is 1. The summed E-state index contributed by atoms with van der Waals surface area (Å²) in [6.45, 7) is 6.66. The molecule has 1 aliphatic heterocycles. The zero-order valence-electron chi connectivity index (χ0n) is 11.0. The Labute approximate surface area is 113 Å². The highest BCUT2D eigenvalue weighted by Crippen LogP contribution is 2.21. The largest absolute Gasteiger partial charge is 0.385 e. The SMILES string of the molecule is CCNc1cc(C)ccc1C(=O)N1CCSCC1. The first-order chi connectivity index (χ1) is 8.72. The lowest BCUT2D eigenvalue weighted by atomic mass is 10.1. The van der Waals surface area contributed by atoms with Crippen LogP contribution in [0.4, 0.5) is 5.69 Å². The summed E-state index contributed by atoms with van der Waals surface area (Å²) in [4.78, 5) is 14.4. The van der Waals surface area contributed by atoms with Crippen LogP contribution in [0.2, 0.25) is 0 Å². The Morgan fingerprint density at radius 2 is 2.11 bits per heavy atom. The molecule has 1 saturated heterocycles. The Morgan fingerprint density at radius 3 is 2.78 bits per heavy atom. The van der Waals surface area contributed by atoms with E-state index < -0.39 is 0 Å². The number of aryl methyl sites for hydroxylation is 1. The molecule has 4 heteroatoms. The maximum absolute atomic E-state index is 12.5. The Hall–Kier alpha value is -1.16. The van der Waals surface area contributed by atoms with E-state index in [4.69, 9.17) is 0 Å². The molecule has 2 rings (SSSR count). The number of thioether (sulfide) groups is 1. The summed E-state index contributed by atoms with van der Waals surface area (Å²) in [7, 11) is 0. The fraction of sp³-hybridized carbons (Fsp3) is 0.500. The van der Waals surface area contributed by atoms with Crippen LogP contribution in [-0.4, -0.2) is 41.9 Å². The molecule has 0 aliphatic carbocycles. The van der Waals surface area contributed by atoms with Crippen LogP contribution >= 0.6 is 11.8 Å². The maximum atomic E-state index is 12.5. The first-order valence-electron chi connectivity index (χ1n) is 6.44. The minimum Gasteiger partial charge on any atom is -0.385 e. The third kappa shape index (κ3) is 2.99. The molecule has 0 aromatic heterocycles. The van der Waals surface area contributed by atoms with E-state index in [1.807, 2.05) is 42.6 Å². The van der Waals surface area contributed by atoms with E-state index in [1.54, 1.807) is 0 Å². The van der Waals surface area contributed by atoms with Crippen LogP contribution in [0.25, 0.3) is 0 Å². The molecule has 1 heterocycles. The number of anilines is 1. The fourth-order valence-corrected chi connectivity index (χ4v) is 3.02. The average Bonchev–Trinajstić information content (AvgIpc) is 2.40. The molecule has 1 aromatic rings. The smallest absolute Gasteiger partial charge is 0.256 e. The Kier molecular flexibility index (Phi) is 4.53. The van der Waals surface area contributed by atoms with Gasteiger partial charge in [0.2, 0.25) is 0 Å². The van der Waals surface area contributed by atoms with Crippen LogP contribution in [0, 0.1) is 6.92 Å². The minimum atomic E-state index is 0.159. The number of nitrogens with zero attached hydrogens (tertiary/aromatic N) is 1. The van der Waals surface area contributed by atoms with Crippen LogP contribution in [-0.2, 0) is 0 Å². The third-order valence-electron chi connectivity index (χ3n) is 3.07. The second kappa shape index (κ2) is 6.14. The van der Waals surface area contributed by atoms with E-state index in [1.165, 1.54) is 5.56 Å². The van der Waals surface area contributed by atoms with Crippen molar-refractivity contribution in [1.82, 2.24) is 4.90 Å². The predicted molar refractivity (Wildman–Crippen MR) is 78.6 cm³/mol. The molecular weight excluding hydrogens is 244 g/mol. The van der Waals surface area contributed by atoms with Gasteiger partial charge in [-0.15, -0.1) is 0 Å². The number of benzene rings is 1. The monoisotopic (exact) mass is 264 g/mol. The number of carbonyl (C=O) groups excluding carboxylic acids is 1. The van der Waals surface area contributed by atoms with E-state index in [9.17, 15) is 4.79 Å². The van der Waals surface area contributed by atoms with Crippen LogP contribution in [0.1, 0.15) is 22.8 Å². The first-order valence-corrected chi connectivity index (χ1v) is 7.59. The molecule has 1 aromatic carbocycles. The Bertz CT molecular complexity index is 428. The standard InChI is InChI=1S/C14H20N2OS/c1-3-15-13-10-11(2)4-5-12(13)14(17)16-6-8-18-9-7-16/h4-5,10,15H,3,6-9H2,1-2H3. The normalized spacial score (nSPS) is 15.6. The first kappa shape index (κ1) is 13.3. The van der Waals surface area contributed by atoms with Crippen LogP contribution in [0.15, 0.2) is 18.2 Å². The van der Waals surface area contributed by atoms with Crippen molar-refractivity contribution < 1.29 is 4.79 Å². The lowest BCUT2D eigenvalue weighted by Gasteiger charge is -2.27. The van der Waals surface area contributed by atoms with E-state index in [0.29, 0.717) is 0 Å². The van der Waals surface area contributed by atoms with Gasteiger partial charge in [0.15, 0.2) is 0 Å². The number of rotatable bonds is 3. The highest BCUT2D eigenvalue weighted by molar-refractivity contribution is 7.99. The molecule has 1 aliphatic rings. The molecular formula is C14H20N2OS. The minimum absolute atomic E-state index is 0.159. The van der Waals surface area contributed by atoms with Gasteiger partial charge >= 0.3 is 0 Å². The van der Waals surface area contributed by atoms with Gasteiger partial charge in [-0.2, -0.15) is 11.8 Å². The summed E-state index contributed by atoms with van der Waals surface area (Å²) >= 11 is 1.92. The fourth-order valence-electron chi connectivity index (χ4n) is 2.12. The topological polar surface area (TPSA) is 32.3 Å². The molecule has 0 unspecified atom stereocenters. The molecule has 1 amide bonds. The zero-order chi connectivity index (χ0) is 13.0. The van der Waals surface area contributed by atoms with Gasteiger partial charge in [-0.3, -0.25) is 4.79 Å². The molecule has 18 heavy (non-hydrogen) atoms. The van der Waals surface area contributed by atoms with Crippen LogP contribution in [0.3, 0.4) is 0 Å². The van der Waals surface area contributed by atoms with Crippen molar-refractivity contribution in [1.29, 1.82) is 0 Å². The summed E-state index contributed by atoms with van der Waals surface area (Å²) in [6.07, 6.45) is 0. The predicted octanol–water partition coefficient (Wildman–Crippen LogP) is 2.62. The summed E-state index contributed by atoms with van der Waals surface area (Å²) < 4.78 is 0. The van der Waals surface area contributed by atoms with E-state index >= 15 is 0 Å². The van der Waals surface area contributed by atoms with Gasteiger partial charge in [0.25, 0.3) is 5.91 Å². The lowest BCUT2D eigenvalue weighted by Crippen LogP contribution is -2.38. The molecule has 3 nitrogen and oxygen atoms in total. The highest BCUT2D eigenvalue weighted by Gasteiger charge is 2.20. The summed E-state index contributed by atoms with van der Waals surface area (Å²) in [5.41, 5.74) is 2.94. The van der Waals surface area contributed by atoms with E-state index in [-0.39, 0.29) is 5.91 Å². The molecule has 1 N–H and O–H groups in total. The average molecular weight is 264 g/mol. The van der Waals surface area contributed by atoms with Crippen molar-refractivity contribution in [2.75, 3.05) is 36.5 Å². The second-order valence-corrected chi connectivity index (χ2v) is 5.71. The van der Waals surface area contributed by atoms with Gasteiger partial charge in [0.1, 0.15) is 0 Å². The van der Waals surface area contributed by atoms with Gasteiger partial charge in [0, 0.05) is 36.8 Å². The van der Waals surface area contributed by atoms with Crippen LogP contribution < -0.4 is 5.32 Å². The van der Waals surface area contributed by atoms with Crippen molar-refractivity contribution >= 4 is 23.4 Å². The molecule has 0 saturated carbocycles. The summed E-state index contributed by atoms with van der Waals surface area (Å²) in [6, 6.07) is 6.00. The van der Waals surface area contributed by atoms with Gasteiger partial charge in [-0.1, -0.05) is 6.07 Å². The quantitative estimate of drug-likeness (QED) is 0.911. The lowest BCUT2D eigenvalue weighted by molar-refractivity contribution is 0.0773. The highest BCUT2D eigenvalue weighted by atomic mass is 32.2. The van der Waals surface area contributed by atoms with Crippen LogP contribution in [0.5, 0.6) is 0 Å². The van der Waals surface area contributed by atoms with Gasteiger partial charge < -0.3 is 10.2 Å². The molecule has 0 spiro atoms. The number of hydrogen-bond donors (Lipinski definition) is 1. The number of nitrogens with one attached hydrogen (secondary N) is 1. The van der Waals surface area contributed by atoms with Crippen molar-refractivity contribution in [3.8, 4) is 0 Å². The number of hydrogen-bond acceptors (Lipinski definition) is 3. The molecule has 1 fully saturated rings. The summed E-state index contributed by atoms with van der Waals surface area (Å²) in [5, 5.41) is 3.28.